The Bertz CT molecular complexity index is 3770. The number of nitrogens with one attached hydrogen (secondary N) is 2. The summed E-state index contributed by atoms with van der Waals surface area (Å²) >= 11 is 0. The molecule has 21 nitrogen and oxygen atoms in total. The first-order valence-electron chi connectivity index (χ1n) is 30.0. The zero-order chi connectivity index (χ0) is 60.3. The van der Waals surface area contributed by atoms with Crippen LogP contribution < -0.4 is 26.2 Å². The van der Waals surface area contributed by atoms with Gasteiger partial charge in [0.25, 0.3) is 11.8 Å². The van der Waals surface area contributed by atoms with Crippen molar-refractivity contribution in [2.24, 2.45) is 5.92 Å². The van der Waals surface area contributed by atoms with Gasteiger partial charge in [-0.1, -0.05) is 17.9 Å². The van der Waals surface area contributed by atoms with Crippen molar-refractivity contribution in [2.45, 2.75) is 83.0 Å². The molecule has 2 aromatic carbocycles. The predicted octanol–water partition coefficient (Wildman–Crippen LogP) is 6.26. The summed E-state index contributed by atoms with van der Waals surface area (Å²) in [5, 5.41) is 10.4. The summed E-state index contributed by atoms with van der Waals surface area (Å²) in [5.74, 6) is 5.98. The predicted molar refractivity (Wildman–Crippen MR) is 325 cm³/mol. The van der Waals surface area contributed by atoms with Crippen molar-refractivity contribution in [2.75, 3.05) is 99.9 Å². The fourth-order valence-corrected chi connectivity index (χ4v) is 13.0. The zero-order valence-electron chi connectivity index (χ0n) is 48.9. The van der Waals surface area contributed by atoms with Crippen LogP contribution in [0.1, 0.15) is 95.1 Å². The summed E-state index contributed by atoms with van der Waals surface area (Å²) in [4.78, 5) is 94.5. The van der Waals surface area contributed by atoms with Gasteiger partial charge in [0.15, 0.2) is 17.3 Å². The first kappa shape index (κ1) is 58.3. The quantitative estimate of drug-likeness (QED) is 0.0551. The lowest BCUT2D eigenvalue weighted by Crippen LogP contribution is -2.53. The number of imide groups is 1. The smallest absolute Gasteiger partial charge is 0.264 e. The molecule has 4 N–H and O–H groups in total. The summed E-state index contributed by atoms with van der Waals surface area (Å²) < 4.78 is 35.7. The van der Waals surface area contributed by atoms with Crippen LogP contribution in [0.5, 0.6) is 0 Å². The van der Waals surface area contributed by atoms with Crippen LogP contribution in [0.3, 0.4) is 0 Å². The Kier molecular flexibility index (Phi) is 17.0. The number of hydrogen-bond acceptors (Lipinski definition) is 16. The maximum atomic E-state index is 16.0. The molecule has 4 amide bonds. The normalized spacial score (nSPS) is 17.8. The molecule has 87 heavy (non-hydrogen) atoms. The Morgan fingerprint density at radius 2 is 1.57 bits per heavy atom. The van der Waals surface area contributed by atoms with Gasteiger partial charge in [-0.2, -0.15) is 5.10 Å². The lowest BCUT2D eigenvalue weighted by Gasteiger charge is -2.43. The van der Waals surface area contributed by atoms with Gasteiger partial charge in [-0.05, 0) is 100 Å². The number of pyridine rings is 3. The molecule has 1 atom stereocenters. The Labute approximate surface area is 502 Å². The number of aryl methyl sites for hydroxylation is 1. The number of halogens is 2. The number of fused-ring (bicyclic) bond motifs is 2. The molecule has 0 aliphatic carbocycles. The van der Waals surface area contributed by atoms with E-state index in [1.807, 2.05) is 57.2 Å². The largest absolute Gasteiger partial charge is 0.384 e. The summed E-state index contributed by atoms with van der Waals surface area (Å²) in [6.45, 7) is 9.92. The van der Waals surface area contributed by atoms with Gasteiger partial charge in [0.1, 0.15) is 35.0 Å². The summed E-state index contributed by atoms with van der Waals surface area (Å²) in [6, 6.07) is 18.4. The van der Waals surface area contributed by atoms with Crippen LogP contribution >= 0.6 is 0 Å². The number of nitrogen functional groups attached to an aromatic ring is 1. The highest BCUT2D eigenvalue weighted by Gasteiger charge is 2.42. The van der Waals surface area contributed by atoms with E-state index in [0.717, 1.165) is 105 Å². The second kappa shape index (κ2) is 25.4. The molecule has 5 aliphatic heterocycles. The van der Waals surface area contributed by atoms with E-state index in [0.29, 0.717) is 91.5 Å². The van der Waals surface area contributed by atoms with Crippen LogP contribution in [0.15, 0.2) is 91.5 Å². The summed E-state index contributed by atoms with van der Waals surface area (Å²) in [5.41, 5.74) is 11.4. The number of nitrogens with two attached hydrogens (primary N) is 1. The van der Waals surface area contributed by atoms with Crippen molar-refractivity contribution < 1.29 is 32.8 Å². The lowest BCUT2D eigenvalue weighted by molar-refractivity contribution is -0.137. The highest BCUT2D eigenvalue weighted by molar-refractivity contribution is 6.24. The number of anilines is 4. The summed E-state index contributed by atoms with van der Waals surface area (Å²) in [7, 11) is 1.49. The average Bonchev–Trinajstić information content (AvgIpc) is 2.87. The van der Waals surface area contributed by atoms with E-state index in [2.05, 4.69) is 52.2 Å². The van der Waals surface area contributed by atoms with Crippen molar-refractivity contribution in [3.63, 3.8) is 0 Å². The number of carbonyl (C=O) groups excluding carboxylic acids is 5. The third-order valence-electron chi connectivity index (χ3n) is 17.8. The molecular formula is C64H70F2N16O5. The number of carbonyl (C=O) groups is 5. The molecule has 4 saturated heterocycles. The first-order valence-corrected chi connectivity index (χ1v) is 30.0. The van der Waals surface area contributed by atoms with E-state index in [-0.39, 0.29) is 53.4 Å². The molecule has 4 fully saturated rings. The van der Waals surface area contributed by atoms with Crippen LogP contribution in [0.25, 0.3) is 28.1 Å². The molecule has 0 spiro atoms. The Balaban J connectivity index is 0.552. The van der Waals surface area contributed by atoms with E-state index in [4.69, 9.17) is 15.7 Å². The molecule has 5 aromatic heterocycles. The highest BCUT2D eigenvalue weighted by atomic mass is 19.1. The number of imidazole rings is 1. The number of piperidine rings is 3. The van der Waals surface area contributed by atoms with E-state index < -0.39 is 29.5 Å². The van der Waals surface area contributed by atoms with Gasteiger partial charge in [-0.15, -0.1) is 0 Å². The van der Waals surface area contributed by atoms with Crippen molar-refractivity contribution in [3.05, 3.63) is 131 Å². The van der Waals surface area contributed by atoms with E-state index in [1.54, 1.807) is 48.1 Å². The van der Waals surface area contributed by atoms with Gasteiger partial charge < -0.3 is 35.9 Å². The molecule has 0 radical (unpaired) electrons. The number of rotatable bonds is 16. The number of hydrogen-bond donors (Lipinski definition) is 3. The molecule has 7 aromatic rings. The Morgan fingerprint density at radius 1 is 0.816 bits per heavy atom. The number of aldehydes is 1. The van der Waals surface area contributed by atoms with E-state index in [1.165, 1.54) is 19.2 Å². The van der Waals surface area contributed by atoms with Crippen LogP contribution in [-0.4, -0.2) is 175 Å². The average molecular weight is 1180 g/mol. The minimum atomic E-state index is -1.06. The molecule has 0 saturated carbocycles. The minimum Gasteiger partial charge on any atom is -0.384 e. The number of nitrogens with zero attached hydrogens (tertiary/aromatic N) is 13. The molecule has 5 aliphatic rings. The second-order valence-corrected chi connectivity index (χ2v) is 23.1. The van der Waals surface area contributed by atoms with Crippen LogP contribution in [0, 0.1) is 36.3 Å². The maximum Gasteiger partial charge on any atom is 0.264 e. The third-order valence-corrected chi connectivity index (χ3v) is 17.8. The number of amides is 4. The van der Waals surface area contributed by atoms with Crippen LogP contribution in [0.2, 0.25) is 0 Å². The minimum absolute atomic E-state index is 0.000653. The monoisotopic (exact) mass is 1180 g/mol. The van der Waals surface area contributed by atoms with Crippen molar-refractivity contribution in [1.29, 1.82) is 0 Å². The molecule has 450 valence electrons. The Hall–Kier alpha value is -9.14. The van der Waals surface area contributed by atoms with Crippen molar-refractivity contribution >= 4 is 64.1 Å². The van der Waals surface area contributed by atoms with Gasteiger partial charge in [0.05, 0.1) is 47.3 Å². The second-order valence-electron chi connectivity index (χ2n) is 23.1. The van der Waals surface area contributed by atoms with Gasteiger partial charge in [-0.25, -0.2) is 28.7 Å². The van der Waals surface area contributed by atoms with Crippen LogP contribution in [-0.2, 0) is 20.9 Å². The highest BCUT2D eigenvalue weighted by Crippen LogP contribution is 2.35. The molecule has 0 bridgehead atoms. The van der Waals surface area contributed by atoms with Gasteiger partial charge >= 0.3 is 0 Å². The lowest BCUT2D eigenvalue weighted by atomic mass is 9.93. The molecule has 10 heterocycles. The van der Waals surface area contributed by atoms with Gasteiger partial charge in [0.2, 0.25) is 11.8 Å². The first-order chi connectivity index (χ1) is 42.3. The maximum absolute atomic E-state index is 16.0. The third kappa shape index (κ3) is 12.3. The van der Waals surface area contributed by atoms with Gasteiger partial charge in [-0.3, -0.25) is 43.1 Å². The number of aromatic nitrogens is 7. The number of likely N-dealkylation sites (tertiary alicyclic amines) is 2. The fourth-order valence-electron chi connectivity index (χ4n) is 13.0. The van der Waals surface area contributed by atoms with E-state index in [9.17, 15) is 24.0 Å². The number of piperazine rings is 1. The fraction of sp³-hybridized carbons (Fsp3) is 0.406. The standard InChI is InChI=1S/C64H70F2N16O5/c1-41-73-55-11-10-53(45-14-21-69-56(67)33-45)74-61(55)81(41)49-34-51(65)60(52(66)35-49)78-31-29-76(30-32-78)46-17-23-75(24-18-46)22-4-5-42-8-12-57(71-36-42)77-25-15-44(16-26-77)62(85)79-27-19-47(20-28-79)80-39-43(38-72-80)37-70-54-7-3-6-50-59(54)64(87)82(63(50)86)48(40-83)9-13-58(84)68-2/h3,6-8,10-12,14,21,33-36,38-40,44,46-48,70H,9,13,15-20,22-32,37H2,1-2H3,(H2,67,69)(H,68,84). The van der Waals surface area contributed by atoms with Crippen molar-refractivity contribution in [1.82, 2.24) is 59.2 Å². The number of benzene rings is 2. The summed E-state index contributed by atoms with van der Waals surface area (Å²) in [6.07, 6.45) is 12.8. The Morgan fingerprint density at radius 3 is 2.29 bits per heavy atom. The van der Waals surface area contributed by atoms with Crippen LogP contribution in [0.4, 0.5) is 31.8 Å². The SMILES string of the molecule is CNC(=O)CCC(C=O)N1C(=O)c2cccc(NCc3cnn(C4CCN(C(=O)C5CCN(c6ccc(C#CCN7CCC(N8CCN(c9c(F)cc(-n%10c(C)nc%11ccc(-c%12ccnc(N)c%12)nc%11%10)cc9F)CC8)CC7)cn6)CC5)CC4)c3)c2C1=O. The van der Waals surface area contributed by atoms with E-state index >= 15 is 8.78 Å². The topological polar surface area (TPSA) is 229 Å². The molecular weight excluding hydrogens is 1110 g/mol. The molecule has 23 heteroatoms. The zero-order valence-corrected chi connectivity index (χ0v) is 48.9. The molecule has 1 unspecified atom stereocenters. The molecule has 12 rings (SSSR count). The van der Waals surface area contributed by atoms with Gasteiger partial charge in [0, 0.05) is 151 Å². The van der Waals surface area contributed by atoms with Crippen molar-refractivity contribution in [3.8, 4) is 28.8 Å².